The van der Waals surface area contributed by atoms with Crippen molar-refractivity contribution in [2.24, 2.45) is 0 Å². The second-order valence-corrected chi connectivity index (χ2v) is 5.46. The molecule has 6 nitrogen and oxygen atoms in total. The number of carboxylic acids is 1. The van der Waals surface area contributed by atoms with E-state index in [1.807, 2.05) is 47.6 Å². The monoisotopic (exact) mass is 286 g/mol. The normalized spacial score (nSPS) is 18.5. The van der Waals surface area contributed by atoms with Crippen LogP contribution in [0.15, 0.2) is 24.3 Å². The van der Waals surface area contributed by atoms with Gasteiger partial charge in [-0.15, -0.1) is 10.2 Å². The molecule has 1 N–H and O–H groups in total. The van der Waals surface area contributed by atoms with E-state index in [1.165, 1.54) is 5.56 Å². The lowest BCUT2D eigenvalue weighted by atomic mass is 10.1. The highest BCUT2D eigenvalue weighted by Crippen LogP contribution is 2.21. The second-order valence-electron chi connectivity index (χ2n) is 5.46. The van der Waals surface area contributed by atoms with Gasteiger partial charge in [0.1, 0.15) is 17.7 Å². The summed E-state index contributed by atoms with van der Waals surface area (Å²) in [6, 6.07) is 7.51. The van der Waals surface area contributed by atoms with Gasteiger partial charge in [-0.05, 0) is 25.0 Å². The Bertz CT molecular complexity index is 680. The summed E-state index contributed by atoms with van der Waals surface area (Å²) < 4.78 is 1.90. The van der Waals surface area contributed by atoms with Crippen LogP contribution in [0.2, 0.25) is 0 Å². The zero-order chi connectivity index (χ0) is 15.0. The number of aromatic nitrogens is 3. The Hall–Kier alpha value is -2.21. The van der Waals surface area contributed by atoms with Crippen LogP contribution in [0.25, 0.3) is 0 Å². The summed E-state index contributed by atoms with van der Waals surface area (Å²) in [5.74, 6) is 0.799. The summed E-state index contributed by atoms with van der Waals surface area (Å²) in [5, 5.41) is 17.7. The highest BCUT2D eigenvalue weighted by molar-refractivity contribution is 5.73. The molecule has 1 aromatic carbocycles. The number of benzene rings is 1. The largest absolute Gasteiger partial charge is 0.480 e. The zero-order valence-corrected chi connectivity index (χ0v) is 12.2. The van der Waals surface area contributed by atoms with E-state index in [4.69, 9.17) is 0 Å². The highest BCUT2D eigenvalue weighted by atomic mass is 16.4. The Labute approximate surface area is 123 Å². The predicted octanol–water partition coefficient (Wildman–Crippen LogP) is 1.36. The summed E-state index contributed by atoms with van der Waals surface area (Å²) in [5.41, 5.74) is 2.32. The van der Waals surface area contributed by atoms with Crippen LogP contribution in [0.4, 0.5) is 0 Å². The molecule has 0 saturated heterocycles. The molecule has 21 heavy (non-hydrogen) atoms. The van der Waals surface area contributed by atoms with E-state index < -0.39 is 12.0 Å². The minimum Gasteiger partial charge on any atom is -0.480 e. The number of aliphatic carboxylic acids is 1. The number of hydrogen-bond donors (Lipinski definition) is 1. The van der Waals surface area contributed by atoms with Gasteiger partial charge in [0.2, 0.25) is 0 Å². The van der Waals surface area contributed by atoms with Crippen molar-refractivity contribution in [1.29, 1.82) is 0 Å². The first-order chi connectivity index (χ1) is 10.1. The van der Waals surface area contributed by atoms with E-state index in [2.05, 4.69) is 10.2 Å². The van der Waals surface area contributed by atoms with Gasteiger partial charge in [-0.1, -0.05) is 24.3 Å². The molecule has 1 aromatic heterocycles. The Morgan fingerprint density at radius 1 is 1.33 bits per heavy atom. The number of hydrogen-bond acceptors (Lipinski definition) is 4. The van der Waals surface area contributed by atoms with Crippen molar-refractivity contribution >= 4 is 5.97 Å². The van der Waals surface area contributed by atoms with Crippen molar-refractivity contribution in [3.05, 3.63) is 47.0 Å². The van der Waals surface area contributed by atoms with E-state index in [-0.39, 0.29) is 0 Å². The van der Waals surface area contributed by atoms with Gasteiger partial charge in [0.25, 0.3) is 0 Å². The van der Waals surface area contributed by atoms with Gasteiger partial charge in [-0.3, -0.25) is 9.69 Å². The van der Waals surface area contributed by atoms with Crippen molar-refractivity contribution in [2.75, 3.05) is 0 Å². The Balaban J connectivity index is 1.90. The number of carbonyl (C=O) groups is 1. The van der Waals surface area contributed by atoms with Crippen LogP contribution in [0.1, 0.15) is 22.8 Å². The molecule has 1 atom stereocenters. The van der Waals surface area contributed by atoms with Crippen molar-refractivity contribution in [2.45, 2.75) is 39.5 Å². The summed E-state index contributed by atoms with van der Waals surface area (Å²) in [6.45, 7) is 5.41. The van der Waals surface area contributed by atoms with Gasteiger partial charge < -0.3 is 9.67 Å². The molecule has 1 aliphatic rings. The van der Waals surface area contributed by atoms with Crippen molar-refractivity contribution in [1.82, 2.24) is 19.7 Å². The lowest BCUT2D eigenvalue weighted by Crippen LogP contribution is -2.47. The van der Waals surface area contributed by atoms with Gasteiger partial charge in [0, 0.05) is 6.54 Å². The van der Waals surface area contributed by atoms with Crippen LogP contribution in [0, 0.1) is 13.8 Å². The first kappa shape index (κ1) is 13.8. The van der Waals surface area contributed by atoms with Gasteiger partial charge in [-0.2, -0.15) is 0 Å². The third kappa shape index (κ3) is 2.54. The fraction of sp³-hybridized carbons (Fsp3) is 0.400. The lowest BCUT2D eigenvalue weighted by molar-refractivity contribution is -0.145. The quantitative estimate of drug-likeness (QED) is 0.922. The van der Waals surface area contributed by atoms with Gasteiger partial charge >= 0.3 is 5.97 Å². The molecule has 2 heterocycles. The maximum Gasteiger partial charge on any atom is 0.322 e. The van der Waals surface area contributed by atoms with E-state index >= 15 is 0 Å². The molecule has 110 valence electrons. The van der Waals surface area contributed by atoms with Crippen LogP contribution in [-0.2, 0) is 24.4 Å². The van der Waals surface area contributed by atoms with Crippen LogP contribution < -0.4 is 0 Å². The molecule has 0 aliphatic carbocycles. The molecule has 0 fully saturated rings. The van der Waals surface area contributed by atoms with E-state index in [0.29, 0.717) is 19.6 Å². The number of nitrogens with zero attached hydrogens (tertiary/aromatic N) is 4. The molecular formula is C15H18N4O2. The third-order valence-electron chi connectivity index (χ3n) is 4.07. The summed E-state index contributed by atoms with van der Waals surface area (Å²) >= 11 is 0. The molecule has 0 spiro atoms. The van der Waals surface area contributed by atoms with E-state index in [1.54, 1.807) is 0 Å². The Morgan fingerprint density at radius 2 is 2.10 bits per heavy atom. The standard InChI is InChI=1S/C15H18N4O2/c1-10-5-3-4-6-12(10)7-18-9-14-17-16-11(2)19(14)8-13(18)15(20)21/h3-6,13H,7-9H2,1-2H3,(H,20,21). The molecule has 0 radical (unpaired) electrons. The maximum absolute atomic E-state index is 11.6. The molecule has 0 amide bonds. The third-order valence-corrected chi connectivity index (χ3v) is 4.07. The maximum atomic E-state index is 11.6. The number of fused-ring (bicyclic) bond motifs is 1. The molecule has 6 heteroatoms. The van der Waals surface area contributed by atoms with Crippen LogP contribution in [-0.4, -0.2) is 36.8 Å². The predicted molar refractivity (Wildman–Crippen MR) is 76.6 cm³/mol. The molecular weight excluding hydrogens is 268 g/mol. The average Bonchev–Trinajstić information content (AvgIpc) is 2.81. The van der Waals surface area contributed by atoms with Crippen molar-refractivity contribution < 1.29 is 9.90 Å². The first-order valence-electron chi connectivity index (χ1n) is 6.96. The van der Waals surface area contributed by atoms with Gasteiger partial charge in [0.05, 0.1) is 13.1 Å². The van der Waals surface area contributed by atoms with Gasteiger partial charge in [0.15, 0.2) is 0 Å². The Kier molecular flexibility index (Phi) is 3.47. The minimum absolute atomic E-state index is 0.398. The number of rotatable bonds is 3. The fourth-order valence-electron chi connectivity index (χ4n) is 2.77. The summed E-state index contributed by atoms with van der Waals surface area (Å²) in [6.07, 6.45) is 0. The topological polar surface area (TPSA) is 71.2 Å². The average molecular weight is 286 g/mol. The van der Waals surface area contributed by atoms with Crippen molar-refractivity contribution in [3.8, 4) is 0 Å². The SMILES string of the molecule is Cc1ccccc1CN1Cc2nnc(C)n2CC1C(=O)O. The molecule has 3 rings (SSSR count). The summed E-state index contributed by atoms with van der Waals surface area (Å²) in [4.78, 5) is 13.5. The highest BCUT2D eigenvalue weighted by Gasteiger charge is 2.33. The Morgan fingerprint density at radius 3 is 2.81 bits per heavy atom. The first-order valence-corrected chi connectivity index (χ1v) is 6.96. The lowest BCUT2D eigenvalue weighted by Gasteiger charge is -2.33. The number of aryl methyl sites for hydroxylation is 2. The zero-order valence-electron chi connectivity index (χ0n) is 12.2. The van der Waals surface area contributed by atoms with Crippen molar-refractivity contribution in [3.63, 3.8) is 0 Å². The number of carboxylic acid groups (broad SMARTS) is 1. The van der Waals surface area contributed by atoms with E-state index in [9.17, 15) is 9.90 Å². The minimum atomic E-state index is -0.803. The molecule has 0 saturated carbocycles. The second kappa shape index (κ2) is 5.29. The molecule has 2 aromatic rings. The van der Waals surface area contributed by atoms with Crippen LogP contribution in [0.3, 0.4) is 0 Å². The van der Waals surface area contributed by atoms with Crippen LogP contribution >= 0.6 is 0 Å². The molecule has 1 aliphatic heterocycles. The molecule has 1 unspecified atom stereocenters. The summed E-state index contributed by atoms with van der Waals surface area (Å²) in [7, 11) is 0. The fourth-order valence-corrected chi connectivity index (χ4v) is 2.77. The van der Waals surface area contributed by atoms with Crippen LogP contribution in [0.5, 0.6) is 0 Å². The van der Waals surface area contributed by atoms with E-state index in [0.717, 1.165) is 17.2 Å². The molecule has 0 bridgehead atoms. The van der Waals surface area contributed by atoms with Gasteiger partial charge in [-0.25, -0.2) is 0 Å². The smallest absolute Gasteiger partial charge is 0.322 e.